The summed E-state index contributed by atoms with van der Waals surface area (Å²) in [5, 5.41) is 3.74. The van der Waals surface area contributed by atoms with Crippen LogP contribution >= 0.6 is 0 Å². The molecule has 134 valence electrons. The van der Waals surface area contributed by atoms with Crippen LogP contribution in [-0.4, -0.2) is 37.2 Å². The van der Waals surface area contributed by atoms with Gasteiger partial charge in [-0.2, -0.15) is 0 Å². The van der Waals surface area contributed by atoms with E-state index in [1.807, 2.05) is 20.8 Å². The van der Waals surface area contributed by atoms with Gasteiger partial charge in [0.2, 0.25) is 0 Å². The first-order chi connectivity index (χ1) is 11.9. The Morgan fingerprint density at radius 2 is 2.08 bits per heavy atom. The van der Waals surface area contributed by atoms with Gasteiger partial charge in [-0.15, -0.1) is 0 Å². The van der Waals surface area contributed by atoms with Crippen LogP contribution in [0, 0.1) is 5.41 Å². The van der Waals surface area contributed by atoms with Crippen molar-refractivity contribution in [2.45, 2.75) is 38.8 Å². The van der Waals surface area contributed by atoms with Crippen molar-refractivity contribution in [3.8, 4) is 0 Å². The second-order valence-corrected chi connectivity index (χ2v) is 6.89. The van der Waals surface area contributed by atoms with Gasteiger partial charge in [-0.1, -0.05) is 13.8 Å². The number of hydrogen-bond acceptors (Lipinski definition) is 5. The fourth-order valence-corrected chi connectivity index (χ4v) is 3.57. The quantitative estimate of drug-likeness (QED) is 0.843. The molecule has 1 saturated carbocycles. The topological polar surface area (TPSA) is 77.8 Å². The molecule has 25 heavy (non-hydrogen) atoms. The van der Waals surface area contributed by atoms with E-state index in [0.717, 1.165) is 5.39 Å². The number of amides is 1. The number of benzene rings is 1. The minimum Gasteiger partial charge on any atom is -0.467 e. The summed E-state index contributed by atoms with van der Waals surface area (Å²) in [6, 6.07) is 6.95. The van der Waals surface area contributed by atoms with Crippen LogP contribution in [0.5, 0.6) is 0 Å². The maximum Gasteiger partial charge on any atom is 0.332 e. The molecule has 1 aromatic heterocycles. The number of rotatable bonds is 5. The summed E-state index contributed by atoms with van der Waals surface area (Å²) in [4.78, 5) is 25.3. The highest BCUT2D eigenvalue weighted by molar-refractivity contribution is 6.01. The van der Waals surface area contributed by atoms with Gasteiger partial charge in [0.05, 0.1) is 19.5 Å². The molecule has 0 bridgehead atoms. The Balaban J connectivity index is 1.88. The molecule has 6 heteroatoms. The molecule has 1 aromatic carbocycles. The minimum absolute atomic E-state index is 0.117. The van der Waals surface area contributed by atoms with Crippen molar-refractivity contribution in [3.05, 3.63) is 36.1 Å². The van der Waals surface area contributed by atoms with Crippen molar-refractivity contribution in [2.24, 2.45) is 5.41 Å². The van der Waals surface area contributed by atoms with Gasteiger partial charge in [0.15, 0.2) is 0 Å². The molecule has 0 spiro atoms. The van der Waals surface area contributed by atoms with E-state index in [1.165, 1.54) is 7.11 Å². The maximum atomic E-state index is 12.8. The van der Waals surface area contributed by atoms with E-state index in [9.17, 15) is 9.59 Å². The summed E-state index contributed by atoms with van der Waals surface area (Å²) >= 11 is 0. The summed E-state index contributed by atoms with van der Waals surface area (Å²) in [5.74, 6) is -0.775. The first-order valence-electron chi connectivity index (χ1n) is 8.35. The summed E-state index contributed by atoms with van der Waals surface area (Å²) in [5.41, 5.74) is -0.511. The molecule has 1 aliphatic rings. The van der Waals surface area contributed by atoms with E-state index in [-0.39, 0.29) is 12.0 Å². The molecular weight excluding hydrogens is 322 g/mol. The van der Waals surface area contributed by atoms with Crippen molar-refractivity contribution >= 4 is 22.8 Å². The van der Waals surface area contributed by atoms with Crippen molar-refractivity contribution in [1.82, 2.24) is 5.32 Å². The Labute approximate surface area is 146 Å². The Hall–Kier alpha value is -2.34. The van der Waals surface area contributed by atoms with Crippen molar-refractivity contribution in [2.75, 3.05) is 13.7 Å². The number of carbonyl (C=O) groups excluding carboxylic acids is 2. The number of esters is 1. The number of nitrogens with one attached hydrogen (secondary N) is 1. The molecule has 3 rings (SSSR count). The van der Waals surface area contributed by atoms with Crippen LogP contribution in [0.1, 0.15) is 37.6 Å². The Morgan fingerprint density at radius 1 is 1.32 bits per heavy atom. The maximum absolute atomic E-state index is 12.8. The number of carbonyl (C=O) groups is 2. The highest BCUT2D eigenvalue weighted by Gasteiger charge is 2.66. The van der Waals surface area contributed by atoms with Crippen LogP contribution in [0.15, 0.2) is 34.9 Å². The first-order valence-corrected chi connectivity index (χ1v) is 8.35. The number of hydrogen-bond donors (Lipinski definition) is 1. The number of fused-ring (bicyclic) bond motifs is 1. The van der Waals surface area contributed by atoms with E-state index in [4.69, 9.17) is 13.9 Å². The number of methoxy groups -OCH3 is 1. The lowest BCUT2D eigenvalue weighted by Crippen LogP contribution is -2.76. The number of furan rings is 1. The zero-order valence-corrected chi connectivity index (χ0v) is 14.9. The van der Waals surface area contributed by atoms with Crippen LogP contribution in [-0.2, 0) is 14.3 Å². The van der Waals surface area contributed by atoms with Crippen molar-refractivity contribution < 1.29 is 23.5 Å². The highest BCUT2D eigenvalue weighted by atomic mass is 16.5. The molecule has 0 unspecified atom stereocenters. The molecule has 1 fully saturated rings. The lowest BCUT2D eigenvalue weighted by Gasteiger charge is -2.58. The average Bonchev–Trinajstić information content (AvgIpc) is 3.07. The van der Waals surface area contributed by atoms with E-state index >= 15 is 0 Å². The molecule has 0 radical (unpaired) electrons. The van der Waals surface area contributed by atoms with E-state index in [1.54, 1.807) is 30.5 Å². The second-order valence-electron chi connectivity index (χ2n) is 6.89. The predicted octanol–water partition coefficient (Wildman–Crippen LogP) is 2.91. The monoisotopic (exact) mass is 345 g/mol. The molecule has 1 N–H and O–H groups in total. The zero-order chi connectivity index (χ0) is 18.2. The summed E-state index contributed by atoms with van der Waals surface area (Å²) < 4.78 is 16.0. The average molecular weight is 345 g/mol. The Kier molecular flexibility index (Phi) is 4.33. The van der Waals surface area contributed by atoms with Crippen LogP contribution < -0.4 is 5.32 Å². The van der Waals surface area contributed by atoms with Crippen molar-refractivity contribution in [1.29, 1.82) is 0 Å². The van der Waals surface area contributed by atoms with Gasteiger partial charge in [0, 0.05) is 29.4 Å². The fourth-order valence-electron chi connectivity index (χ4n) is 3.57. The second kappa shape index (κ2) is 6.19. The summed E-state index contributed by atoms with van der Waals surface area (Å²) in [6.07, 6.45) is 1.85. The highest BCUT2D eigenvalue weighted by Crippen LogP contribution is 2.52. The third-order valence-electron chi connectivity index (χ3n) is 5.34. The molecule has 1 amide bonds. The van der Waals surface area contributed by atoms with E-state index < -0.39 is 16.9 Å². The van der Waals surface area contributed by atoms with Gasteiger partial charge in [-0.3, -0.25) is 4.79 Å². The van der Waals surface area contributed by atoms with Crippen LogP contribution in [0.2, 0.25) is 0 Å². The molecule has 1 aliphatic carbocycles. The van der Waals surface area contributed by atoms with E-state index in [0.29, 0.717) is 24.2 Å². The van der Waals surface area contributed by atoms with Crippen LogP contribution in [0.25, 0.3) is 11.0 Å². The van der Waals surface area contributed by atoms with Crippen molar-refractivity contribution in [3.63, 3.8) is 0 Å². The largest absolute Gasteiger partial charge is 0.467 e. The third kappa shape index (κ3) is 2.61. The minimum atomic E-state index is -1.11. The number of ether oxygens (including phenoxy) is 2. The molecule has 0 aliphatic heterocycles. The molecule has 6 nitrogen and oxygen atoms in total. The van der Waals surface area contributed by atoms with E-state index in [2.05, 4.69) is 5.32 Å². The molecule has 0 saturated heterocycles. The van der Waals surface area contributed by atoms with Gasteiger partial charge in [0.25, 0.3) is 5.91 Å². The summed E-state index contributed by atoms with van der Waals surface area (Å²) in [6.45, 7) is 6.28. The standard InChI is InChI=1S/C19H23NO5/c1-5-24-15-11-19(17(22)23-4,18(15,2)3)20-16(21)13-6-7-14-12(10-13)8-9-25-14/h6-10,15H,5,11H2,1-4H3,(H,20,21)/t15-,19-/m1/s1. The molecule has 2 atom stereocenters. The van der Waals surface area contributed by atoms with Gasteiger partial charge < -0.3 is 19.2 Å². The SMILES string of the molecule is CCO[C@@H]1C[C@@](NC(=O)c2ccc3occc3c2)(C(=O)OC)C1(C)C. The Bertz CT molecular complexity index is 809. The molecule has 2 aromatic rings. The normalized spacial score (nSPS) is 24.6. The first kappa shape index (κ1) is 17.5. The molecular formula is C19H23NO5. The van der Waals surface area contributed by atoms with Gasteiger partial charge >= 0.3 is 5.97 Å². The Morgan fingerprint density at radius 3 is 2.72 bits per heavy atom. The fraction of sp³-hybridized carbons (Fsp3) is 0.474. The van der Waals surface area contributed by atoms with Gasteiger partial charge in [0.1, 0.15) is 11.1 Å². The van der Waals surface area contributed by atoms with Gasteiger partial charge in [-0.05, 0) is 31.2 Å². The van der Waals surface area contributed by atoms with Crippen LogP contribution in [0.3, 0.4) is 0 Å². The lowest BCUT2D eigenvalue weighted by atomic mass is 9.54. The van der Waals surface area contributed by atoms with Crippen LogP contribution in [0.4, 0.5) is 0 Å². The third-order valence-corrected chi connectivity index (χ3v) is 5.34. The predicted molar refractivity (Wildman–Crippen MR) is 92.2 cm³/mol. The lowest BCUT2D eigenvalue weighted by molar-refractivity contribution is -0.193. The summed E-state index contributed by atoms with van der Waals surface area (Å²) in [7, 11) is 1.33. The zero-order valence-electron chi connectivity index (χ0n) is 14.9. The molecule has 1 heterocycles. The van der Waals surface area contributed by atoms with Gasteiger partial charge in [-0.25, -0.2) is 4.79 Å². The smallest absolute Gasteiger partial charge is 0.332 e.